The predicted molar refractivity (Wildman–Crippen MR) is 176 cm³/mol. The lowest BCUT2D eigenvalue weighted by molar-refractivity contribution is -0.167. The fourth-order valence-corrected chi connectivity index (χ4v) is 6.46. The van der Waals surface area contributed by atoms with E-state index in [9.17, 15) is 15.2 Å². The summed E-state index contributed by atoms with van der Waals surface area (Å²) in [6, 6.07) is 12.8. The van der Waals surface area contributed by atoms with Crippen LogP contribution in [-0.4, -0.2) is 106 Å². The molecule has 0 aliphatic carbocycles. The minimum atomic E-state index is -3.39. The summed E-state index contributed by atoms with van der Waals surface area (Å²) in [5.74, 6) is -2.82. The van der Waals surface area contributed by atoms with Crippen molar-refractivity contribution in [3.05, 3.63) is 53.7 Å². The van der Waals surface area contributed by atoms with Gasteiger partial charge in [-0.15, -0.1) is 0 Å². The fourth-order valence-electron chi connectivity index (χ4n) is 6.46. The lowest BCUT2D eigenvalue weighted by Gasteiger charge is -2.41. The van der Waals surface area contributed by atoms with E-state index >= 15 is 8.78 Å². The number of methoxy groups -OCH3 is 1. The van der Waals surface area contributed by atoms with Gasteiger partial charge >= 0.3 is 5.92 Å². The molecule has 3 aliphatic rings. The van der Waals surface area contributed by atoms with Crippen LogP contribution < -0.4 is 14.8 Å². The molecule has 1 amide bonds. The van der Waals surface area contributed by atoms with E-state index in [0.29, 0.717) is 34.9 Å². The van der Waals surface area contributed by atoms with Gasteiger partial charge in [-0.3, -0.25) is 9.69 Å². The Morgan fingerprint density at radius 3 is 2.55 bits per heavy atom. The van der Waals surface area contributed by atoms with Crippen molar-refractivity contribution in [1.29, 1.82) is 5.26 Å². The van der Waals surface area contributed by atoms with Crippen molar-refractivity contribution in [3.8, 4) is 29.0 Å². The van der Waals surface area contributed by atoms with Crippen molar-refractivity contribution in [3.63, 3.8) is 0 Å². The van der Waals surface area contributed by atoms with Gasteiger partial charge in [-0.2, -0.15) is 10.2 Å². The van der Waals surface area contributed by atoms with Crippen molar-refractivity contribution in [2.45, 2.75) is 63.2 Å². The second kappa shape index (κ2) is 14.6. The molecular weight excluding hydrogens is 636 g/mol. The van der Waals surface area contributed by atoms with Gasteiger partial charge in [0.25, 0.3) is 5.91 Å². The number of hydrogen-bond acceptors (Lipinski definition) is 11. The first-order valence-corrected chi connectivity index (χ1v) is 16.6. The molecule has 0 saturated carbocycles. The first kappa shape index (κ1) is 34.4. The maximum atomic E-state index is 15.1. The lowest BCUT2D eigenvalue weighted by atomic mass is 9.89. The number of aliphatic hydroxyl groups is 1. The summed E-state index contributed by atoms with van der Waals surface area (Å²) in [4.78, 5) is 29.5. The summed E-state index contributed by atoms with van der Waals surface area (Å²) in [6.07, 6.45) is 0.549. The van der Waals surface area contributed by atoms with Crippen LogP contribution in [0.5, 0.6) is 11.6 Å². The number of carbonyl (C=O) groups is 1. The normalized spacial score (nSPS) is 20.7. The standard InChI is InChI=1S/C35H41F2N7O5/c1-21(2)31(45)33(46)44-15-11-29(35(36,37)20-44)49-28-6-4-23(16-24(28)17-38)27-8-12-39-34(40-27)42-30-7-5-26(32(41-30)47-3)22-9-13-43(14-10-22)25-18-48-19-25/h4-8,12,16,21-22,25,29,31,45H,9-11,13-15,18-20H2,1-3H3,(H,39,40,41,42)/t29?,31-/m0/s1. The number of rotatable bonds is 10. The fraction of sp³-hybridized carbons (Fsp3) is 0.514. The summed E-state index contributed by atoms with van der Waals surface area (Å²) >= 11 is 0. The van der Waals surface area contributed by atoms with Gasteiger partial charge in [0.05, 0.1) is 44.2 Å². The highest BCUT2D eigenvalue weighted by molar-refractivity contribution is 5.81. The number of halogens is 2. The number of piperidine rings is 2. The van der Waals surface area contributed by atoms with Crippen LogP contribution in [0.15, 0.2) is 42.6 Å². The summed E-state index contributed by atoms with van der Waals surface area (Å²) in [5, 5.41) is 23.1. The summed E-state index contributed by atoms with van der Waals surface area (Å²) in [5.41, 5.74) is 2.18. The van der Waals surface area contributed by atoms with Gasteiger partial charge in [-0.05, 0) is 74.2 Å². The van der Waals surface area contributed by atoms with E-state index in [4.69, 9.17) is 14.2 Å². The number of aliphatic hydroxyl groups excluding tert-OH is 1. The molecule has 2 N–H and O–H groups in total. The Morgan fingerprint density at radius 2 is 1.90 bits per heavy atom. The average Bonchev–Trinajstić information content (AvgIpc) is 3.08. The van der Waals surface area contributed by atoms with E-state index < -0.39 is 36.5 Å². The van der Waals surface area contributed by atoms with E-state index in [1.165, 1.54) is 12.1 Å². The van der Waals surface area contributed by atoms with Crippen LogP contribution >= 0.6 is 0 Å². The highest BCUT2D eigenvalue weighted by Gasteiger charge is 2.48. The minimum absolute atomic E-state index is 0.00109. The number of hydrogen-bond donors (Lipinski definition) is 2. The summed E-state index contributed by atoms with van der Waals surface area (Å²) in [6.45, 7) is 6.07. The van der Waals surface area contributed by atoms with Crippen LogP contribution in [0.3, 0.4) is 0 Å². The molecule has 0 spiro atoms. The monoisotopic (exact) mass is 677 g/mol. The topological polar surface area (TPSA) is 146 Å². The van der Waals surface area contributed by atoms with Crippen molar-refractivity contribution in [2.24, 2.45) is 5.92 Å². The molecule has 1 aromatic carbocycles. The molecule has 3 aliphatic heterocycles. The Bertz CT molecular complexity index is 1690. The van der Waals surface area contributed by atoms with Crippen LogP contribution in [0.25, 0.3) is 11.3 Å². The summed E-state index contributed by atoms with van der Waals surface area (Å²) in [7, 11) is 1.61. The second-order valence-electron chi connectivity index (χ2n) is 13.1. The third-order valence-corrected chi connectivity index (χ3v) is 9.48. The van der Waals surface area contributed by atoms with E-state index in [1.54, 1.807) is 39.3 Å². The number of nitrogens with zero attached hydrogens (tertiary/aromatic N) is 6. The number of nitrogens with one attached hydrogen (secondary N) is 1. The van der Waals surface area contributed by atoms with Crippen LogP contribution in [-0.2, 0) is 9.53 Å². The molecule has 260 valence electrons. The smallest absolute Gasteiger partial charge is 0.301 e. The van der Waals surface area contributed by atoms with Crippen molar-refractivity contribution >= 4 is 17.7 Å². The van der Waals surface area contributed by atoms with Gasteiger partial charge in [0, 0.05) is 30.3 Å². The molecule has 5 heterocycles. The Kier molecular flexibility index (Phi) is 10.2. The molecule has 12 nitrogen and oxygen atoms in total. The van der Waals surface area contributed by atoms with Crippen LogP contribution in [0.2, 0.25) is 0 Å². The van der Waals surface area contributed by atoms with Gasteiger partial charge in [-0.1, -0.05) is 13.8 Å². The number of likely N-dealkylation sites (tertiary alicyclic amines) is 2. The molecule has 0 radical (unpaired) electrons. The Morgan fingerprint density at radius 1 is 1.12 bits per heavy atom. The average molecular weight is 678 g/mol. The molecule has 3 saturated heterocycles. The van der Waals surface area contributed by atoms with Gasteiger partial charge in [-0.25, -0.2) is 18.7 Å². The number of nitriles is 1. The maximum absolute atomic E-state index is 15.1. The number of benzene rings is 1. The van der Waals surface area contributed by atoms with Gasteiger partial charge in [0.1, 0.15) is 23.7 Å². The maximum Gasteiger partial charge on any atom is 0.301 e. The zero-order valence-corrected chi connectivity index (χ0v) is 27.8. The molecule has 14 heteroatoms. The van der Waals surface area contributed by atoms with Gasteiger partial charge < -0.3 is 29.5 Å². The zero-order valence-electron chi connectivity index (χ0n) is 27.8. The Labute approximate surface area is 284 Å². The second-order valence-corrected chi connectivity index (χ2v) is 13.1. The zero-order chi connectivity index (χ0) is 34.7. The summed E-state index contributed by atoms with van der Waals surface area (Å²) < 4.78 is 47.0. The highest BCUT2D eigenvalue weighted by atomic mass is 19.3. The molecule has 2 atom stereocenters. The molecule has 3 aromatic rings. The van der Waals surface area contributed by atoms with E-state index in [1.807, 2.05) is 18.2 Å². The van der Waals surface area contributed by atoms with Crippen LogP contribution in [0.1, 0.15) is 50.2 Å². The van der Waals surface area contributed by atoms with Crippen molar-refractivity contribution in [2.75, 3.05) is 51.8 Å². The van der Waals surface area contributed by atoms with Gasteiger partial charge in [0.2, 0.25) is 11.8 Å². The number of aromatic nitrogens is 3. The molecule has 6 rings (SSSR count). The van der Waals surface area contributed by atoms with E-state index in [2.05, 4.69) is 25.2 Å². The Hall–Kier alpha value is -4.45. The lowest BCUT2D eigenvalue weighted by Crippen LogP contribution is -2.57. The number of amides is 1. The first-order chi connectivity index (χ1) is 23.6. The third kappa shape index (κ3) is 7.59. The number of alkyl halides is 2. The highest BCUT2D eigenvalue weighted by Crippen LogP contribution is 2.36. The largest absolute Gasteiger partial charge is 0.483 e. The van der Waals surface area contributed by atoms with Crippen LogP contribution in [0, 0.1) is 17.2 Å². The molecule has 3 fully saturated rings. The van der Waals surface area contributed by atoms with E-state index in [-0.39, 0.29) is 30.2 Å². The molecular formula is C35H41F2N7O5. The van der Waals surface area contributed by atoms with Crippen molar-refractivity contribution < 1.29 is 32.9 Å². The Balaban J connectivity index is 1.11. The van der Waals surface area contributed by atoms with Gasteiger partial charge in [0.15, 0.2) is 6.10 Å². The molecule has 2 aromatic heterocycles. The minimum Gasteiger partial charge on any atom is -0.483 e. The first-order valence-electron chi connectivity index (χ1n) is 16.6. The third-order valence-electron chi connectivity index (χ3n) is 9.48. The van der Waals surface area contributed by atoms with Crippen LogP contribution in [0.4, 0.5) is 20.5 Å². The quantitative estimate of drug-likeness (QED) is 0.316. The van der Waals surface area contributed by atoms with Crippen molar-refractivity contribution in [1.82, 2.24) is 24.8 Å². The van der Waals surface area contributed by atoms with E-state index in [0.717, 1.165) is 49.6 Å². The number of ether oxygens (including phenoxy) is 3. The SMILES string of the molecule is COc1nc(Nc2nccc(-c3ccc(OC4CCN(C(=O)[C@@H](O)C(C)C)CC4(F)F)c(C#N)c3)n2)ccc1C1CCN(C2COC2)CC1. The molecule has 0 bridgehead atoms. The number of carbonyl (C=O) groups excluding carboxylic acids is 1. The number of anilines is 2. The predicted octanol–water partition coefficient (Wildman–Crippen LogP) is 4.37. The molecule has 1 unspecified atom stereocenters. The molecule has 49 heavy (non-hydrogen) atoms. The number of pyridine rings is 1.